The lowest BCUT2D eigenvalue weighted by molar-refractivity contribution is 0.266. The Hall–Kier alpha value is -1.61. The van der Waals surface area contributed by atoms with Gasteiger partial charge in [0.15, 0.2) is 8.32 Å². The van der Waals surface area contributed by atoms with E-state index in [4.69, 9.17) is 9.16 Å². The summed E-state index contributed by atoms with van der Waals surface area (Å²) >= 11 is -1.36. The molecule has 0 saturated carbocycles. The molecule has 178 valence electrons. The fourth-order valence-corrected chi connectivity index (χ4v) is 4.29. The van der Waals surface area contributed by atoms with Gasteiger partial charge in [-0.05, 0) is 56.6 Å². The molecule has 0 bridgehead atoms. The van der Waals surface area contributed by atoms with E-state index in [0.29, 0.717) is 19.6 Å². The summed E-state index contributed by atoms with van der Waals surface area (Å²) < 4.78 is 30.4. The SMILES string of the molecule is COc1ccc(C/C(=N\[S+]([O-])C(C)(C)C)c2cnn(CCO[Si](C)(C)C(C)(C)C)c2)cc1. The first-order valence-corrected chi connectivity index (χ1v) is 15.0. The quantitative estimate of drug-likeness (QED) is 0.275. The van der Waals surface area contributed by atoms with E-state index in [1.165, 1.54) is 0 Å². The third kappa shape index (κ3) is 7.47. The molecule has 0 fully saturated rings. The maximum Gasteiger partial charge on any atom is 0.192 e. The molecule has 1 heterocycles. The summed E-state index contributed by atoms with van der Waals surface area (Å²) in [4.78, 5) is 0. The van der Waals surface area contributed by atoms with Crippen molar-refractivity contribution in [3.8, 4) is 5.75 Å². The molecule has 8 heteroatoms. The normalized spacial score (nSPS) is 14.5. The highest BCUT2D eigenvalue weighted by molar-refractivity contribution is 7.91. The van der Waals surface area contributed by atoms with E-state index in [1.54, 1.807) is 13.3 Å². The number of nitrogens with zero attached hydrogens (tertiary/aromatic N) is 3. The topological polar surface area (TPSA) is 71.7 Å². The van der Waals surface area contributed by atoms with Crippen molar-refractivity contribution in [3.05, 3.63) is 47.8 Å². The van der Waals surface area contributed by atoms with Crippen LogP contribution < -0.4 is 4.74 Å². The molecule has 1 atom stereocenters. The highest BCUT2D eigenvalue weighted by Gasteiger charge is 2.37. The Kier molecular flexibility index (Phi) is 8.78. The second-order valence-corrected chi connectivity index (χ2v) is 17.2. The number of methoxy groups -OCH3 is 1. The van der Waals surface area contributed by atoms with E-state index >= 15 is 0 Å². The van der Waals surface area contributed by atoms with Crippen molar-refractivity contribution < 1.29 is 13.7 Å². The van der Waals surface area contributed by atoms with E-state index in [2.05, 4.69) is 43.4 Å². The van der Waals surface area contributed by atoms with Crippen molar-refractivity contribution in [1.29, 1.82) is 0 Å². The van der Waals surface area contributed by atoms with Gasteiger partial charge in [-0.3, -0.25) is 4.68 Å². The first-order valence-electron chi connectivity index (χ1n) is 11.0. The average molecular weight is 478 g/mol. The average Bonchev–Trinajstić information content (AvgIpc) is 3.15. The van der Waals surface area contributed by atoms with Gasteiger partial charge in [0, 0.05) is 18.2 Å². The number of benzene rings is 1. The predicted molar refractivity (Wildman–Crippen MR) is 137 cm³/mol. The zero-order valence-corrected chi connectivity index (χ0v) is 22.9. The van der Waals surface area contributed by atoms with Crippen LogP contribution in [0.5, 0.6) is 5.75 Å². The van der Waals surface area contributed by atoms with E-state index in [0.717, 1.165) is 22.6 Å². The van der Waals surface area contributed by atoms with Crippen LogP contribution in [0.25, 0.3) is 0 Å². The molecule has 0 spiro atoms. The number of aromatic nitrogens is 2. The van der Waals surface area contributed by atoms with Gasteiger partial charge < -0.3 is 13.7 Å². The summed E-state index contributed by atoms with van der Waals surface area (Å²) in [7, 11) is -0.140. The second kappa shape index (κ2) is 10.5. The molecule has 1 aromatic carbocycles. The van der Waals surface area contributed by atoms with Gasteiger partial charge >= 0.3 is 0 Å². The predicted octanol–water partition coefficient (Wildman–Crippen LogP) is 5.41. The molecule has 6 nitrogen and oxygen atoms in total. The minimum absolute atomic E-state index is 0.178. The molecule has 1 unspecified atom stereocenters. The third-order valence-corrected chi connectivity index (χ3v) is 11.8. The Labute approximate surface area is 197 Å². The van der Waals surface area contributed by atoms with Crippen LogP contribution in [-0.4, -0.2) is 46.8 Å². The van der Waals surface area contributed by atoms with Crippen molar-refractivity contribution >= 4 is 25.4 Å². The number of hydrogen-bond donors (Lipinski definition) is 0. The van der Waals surface area contributed by atoms with Crippen LogP contribution in [0.15, 0.2) is 41.1 Å². The highest BCUT2D eigenvalue weighted by Crippen LogP contribution is 2.36. The molecule has 0 aliphatic heterocycles. The largest absolute Gasteiger partial charge is 0.591 e. The van der Waals surface area contributed by atoms with Crippen LogP contribution in [0.3, 0.4) is 0 Å². The summed E-state index contributed by atoms with van der Waals surface area (Å²) in [6, 6.07) is 7.86. The zero-order valence-electron chi connectivity index (χ0n) is 21.1. The molecule has 2 aromatic rings. The molecule has 1 aromatic heterocycles. The third-order valence-electron chi connectivity index (χ3n) is 5.80. The molecule has 0 aliphatic carbocycles. The Balaban J connectivity index is 2.19. The summed E-state index contributed by atoms with van der Waals surface area (Å²) in [6.45, 7) is 18.3. The fourth-order valence-electron chi connectivity index (χ4n) is 2.61. The minimum atomic E-state index is -1.79. The van der Waals surface area contributed by atoms with Gasteiger partial charge in [-0.1, -0.05) is 37.3 Å². The maximum atomic E-state index is 12.8. The van der Waals surface area contributed by atoms with Gasteiger partial charge in [0.2, 0.25) is 0 Å². The minimum Gasteiger partial charge on any atom is -0.591 e. The standard InChI is InChI=1S/C24H39N3O3SSi/c1-23(2,3)31(28)26-22(16-19-10-12-21(29-7)13-11-19)20-17-25-27(18-20)14-15-30-32(8,9)24(4,5)6/h10-13,17-18H,14-16H2,1-9H3/b26-22+. The first kappa shape index (κ1) is 26.6. The van der Waals surface area contributed by atoms with Crippen LogP contribution in [0, 0.1) is 0 Å². The Morgan fingerprint density at radius 3 is 2.28 bits per heavy atom. The molecule has 0 saturated heterocycles. The molecule has 0 radical (unpaired) electrons. The summed E-state index contributed by atoms with van der Waals surface area (Å²) in [5.74, 6) is 0.806. The Morgan fingerprint density at radius 2 is 1.75 bits per heavy atom. The van der Waals surface area contributed by atoms with Gasteiger partial charge in [0.05, 0.1) is 26.5 Å². The fraction of sp³-hybridized carbons (Fsp3) is 0.583. The van der Waals surface area contributed by atoms with Crippen LogP contribution in [-0.2, 0) is 28.8 Å². The Bertz CT molecular complexity index is 896. The van der Waals surface area contributed by atoms with Gasteiger partial charge in [-0.25, -0.2) is 0 Å². The summed E-state index contributed by atoms with van der Waals surface area (Å²) in [5.41, 5.74) is 2.72. The lowest BCUT2D eigenvalue weighted by atomic mass is 10.0. The summed E-state index contributed by atoms with van der Waals surface area (Å²) in [5, 5.41) is 4.69. The summed E-state index contributed by atoms with van der Waals surface area (Å²) in [6.07, 6.45) is 4.34. The number of rotatable bonds is 9. The van der Waals surface area contributed by atoms with Gasteiger partial charge in [-0.2, -0.15) is 5.10 Å². The maximum absolute atomic E-state index is 12.8. The first-order chi connectivity index (χ1) is 14.7. The molecule has 2 rings (SSSR count). The smallest absolute Gasteiger partial charge is 0.192 e. The van der Waals surface area contributed by atoms with Crippen molar-refractivity contribution in [2.45, 2.75) is 77.4 Å². The van der Waals surface area contributed by atoms with E-state index in [9.17, 15) is 4.55 Å². The lowest BCUT2D eigenvalue weighted by Crippen LogP contribution is -2.41. The molecular weight excluding hydrogens is 438 g/mol. The van der Waals surface area contributed by atoms with Crippen LogP contribution in [0.2, 0.25) is 18.1 Å². The van der Waals surface area contributed by atoms with E-state index in [-0.39, 0.29) is 5.04 Å². The second-order valence-electron chi connectivity index (χ2n) is 10.5. The van der Waals surface area contributed by atoms with Crippen LogP contribution in [0.4, 0.5) is 0 Å². The highest BCUT2D eigenvalue weighted by atomic mass is 32.2. The van der Waals surface area contributed by atoms with Gasteiger partial charge in [0.1, 0.15) is 27.6 Å². The van der Waals surface area contributed by atoms with Gasteiger partial charge in [-0.15, -0.1) is 0 Å². The van der Waals surface area contributed by atoms with E-state index in [1.807, 2.05) is 55.9 Å². The van der Waals surface area contributed by atoms with Crippen molar-refractivity contribution in [2.75, 3.05) is 13.7 Å². The zero-order chi connectivity index (χ0) is 24.2. The Morgan fingerprint density at radius 1 is 1.12 bits per heavy atom. The van der Waals surface area contributed by atoms with Crippen molar-refractivity contribution in [1.82, 2.24) is 9.78 Å². The van der Waals surface area contributed by atoms with E-state index < -0.39 is 24.4 Å². The van der Waals surface area contributed by atoms with Crippen LogP contribution >= 0.6 is 0 Å². The molecule has 0 N–H and O–H groups in total. The molecule has 32 heavy (non-hydrogen) atoms. The van der Waals surface area contributed by atoms with Crippen molar-refractivity contribution in [2.24, 2.45) is 4.40 Å². The number of ether oxygens (including phenoxy) is 1. The number of hydrogen-bond acceptors (Lipinski definition) is 5. The van der Waals surface area contributed by atoms with Gasteiger partial charge in [0.25, 0.3) is 0 Å². The molecule has 0 amide bonds. The van der Waals surface area contributed by atoms with Crippen molar-refractivity contribution in [3.63, 3.8) is 0 Å². The monoisotopic (exact) mass is 477 g/mol. The molecular formula is C24H39N3O3SSi. The lowest BCUT2D eigenvalue weighted by Gasteiger charge is -2.36. The van der Waals surface area contributed by atoms with Crippen LogP contribution in [0.1, 0.15) is 52.7 Å². The molecule has 0 aliphatic rings.